The van der Waals surface area contributed by atoms with Crippen LogP contribution in [-0.2, 0) is 21.4 Å². The molecule has 0 aliphatic heterocycles. The van der Waals surface area contributed by atoms with E-state index in [0.717, 1.165) is 6.07 Å². The van der Waals surface area contributed by atoms with Crippen LogP contribution in [0.2, 0.25) is 0 Å². The van der Waals surface area contributed by atoms with Gasteiger partial charge in [-0.1, -0.05) is 27.7 Å². The van der Waals surface area contributed by atoms with Crippen molar-refractivity contribution in [3.63, 3.8) is 0 Å². The largest absolute Gasteiger partial charge is 0.464 e. The SMILES string of the molecule is CCS(=O)(=O)c1cc(C(F)(F)F)ccc1C(=O)Nc1cc(C(C)(C)C)oc1C. The van der Waals surface area contributed by atoms with Gasteiger partial charge in [-0.05, 0) is 25.1 Å². The van der Waals surface area contributed by atoms with E-state index in [1.54, 1.807) is 13.0 Å². The summed E-state index contributed by atoms with van der Waals surface area (Å²) in [6.07, 6.45) is -4.73. The number of nitrogens with one attached hydrogen (secondary N) is 1. The molecule has 1 aromatic heterocycles. The van der Waals surface area contributed by atoms with Gasteiger partial charge in [-0.25, -0.2) is 8.42 Å². The molecule has 0 fully saturated rings. The van der Waals surface area contributed by atoms with Crippen molar-refractivity contribution in [3.05, 3.63) is 46.9 Å². The lowest BCUT2D eigenvalue weighted by Crippen LogP contribution is -2.19. The van der Waals surface area contributed by atoms with E-state index in [0.29, 0.717) is 29.3 Å². The summed E-state index contributed by atoms with van der Waals surface area (Å²) in [4.78, 5) is 12.0. The Morgan fingerprint density at radius 1 is 1.14 bits per heavy atom. The Bertz CT molecular complexity index is 999. The highest BCUT2D eigenvalue weighted by molar-refractivity contribution is 7.91. The Morgan fingerprint density at radius 2 is 1.75 bits per heavy atom. The predicted molar refractivity (Wildman–Crippen MR) is 99.3 cm³/mol. The highest BCUT2D eigenvalue weighted by Gasteiger charge is 2.33. The maximum absolute atomic E-state index is 13.0. The van der Waals surface area contributed by atoms with Gasteiger partial charge >= 0.3 is 6.18 Å². The summed E-state index contributed by atoms with van der Waals surface area (Å²) in [7, 11) is -4.06. The summed E-state index contributed by atoms with van der Waals surface area (Å²) in [5.74, 6) is -0.252. The fourth-order valence-electron chi connectivity index (χ4n) is 2.46. The highest BCUT2D eigenvalue weighted by atomic mass is 32.2. The van der Waals surface area contributed by atoms with Crippen LogP contribution in [0.5, 0.6) is 0 Å². The highest BCUT2D eigenvalue weighted by Crippen LogP contribution is 2.33. The molecule has 0 bridgehead atoms. The van der Waals surface area contributed by atoms with E-state index < -0.39 is 38.1 Å². The molecular formula is C19H22F3NO4S. The summed E-state index contributed by atoms with van der Waals surface area (Å²) in [5.41, 5.74) is -1.48. The van der Waals surface area contributed by atoms with Crippen LogP contribution in [0.25, 0.3) is 0 Å². The van der Waals surface area contributed by atoms with Crippen LogP contribution < -0.4 is 5.32 Å². The molecule has 0 unspecified atom stereocenters. The zero-order valence-corrected chi connectivity index (χ0v) is 17.0. The van der Waals surface area contributed by atoms with Gasteiger partial charge in [0.05, 0.1) is 27.5 Å². The van der Waals surface area contributed by atoms with Crippen LogP contribution in [-0.4, -0.2) is 20.1 Å². The number of carbonyl (C=O) groups is 1. The third-order valence-corrected chi connectivity index (χ3v) is 5.94. The number of aryl methyl sites for hydroxylation is 1. The number of sulfone groups is 1. The fraction of sp³-hybridized carbons (Fsp3) is 0.421. The lowest BCUT2D eigenvalue weighted by atomic mass is 9.93. The Balaban J connectivity index is 2.50. The molecule has 2 aromatic rings. The first kappa shape index (κ1) is 22.0. The molecule has 28 heavy (non-hydrogen) atoms. The standard InChI is InChI=1S/C19H22F3NO4S/c1-6-28(25,26)15-9-12(19(20,21)22)7-8-13(15)17(24)23-14-10-16(18(3,4)5)27-11(14)2/h7-10H,6H2,1-5H3,(H,23,24). The molecule has 2 rings (SSSR count). The first-order chi connectivity index (χ1) is 12.7. The number of carbonyl (C=O) groups excluding carboxylic acids is 1. The summed E-state index contributed by atoms with van der Waals surface area (Å²) in [5, 5.41) is 2.54. The van der Waals surface area contributed by atoms with E-state index in [4.69, 9.17) is 4.42 Å². The molecule has 5 nitrogen and oxygen atoms in total. The molecule has 0 aliphatic carbocycles. The zero-order valence-electron chi connectivity index (χ0n) is 16.2. The molecule has 0 aliphatic rings. The first-order valence-electron chi connectivity index (χ1n) is 8.53. The van der Waals surface area contributed by atoms with Gasteiger partial charge in [-0.15, -0.1) is 0 Å². The maximum Gasteiger partial charge on any atom is 0.416 e. The second kappa shape index (κ2) is 7.27. The average molecular weight is 417 g/mol. The molecule has 9 heteroatoms. The Kier molecular flexibility index (Phi) is 5.71. The van der Waals surface area contributed by atoms with Gasteiger partial charge in [0.2, 0.25) is 0 Å². The number of hydrogen-bond donors (Lipinski definition) is 1. The first-order valence-corrected chi connectivity index (χ1v) is 10.2. The van der Waals surface area contributed by atoms with E-state index >= 15 is 0 Å². The maximum atomic E-state index is 13.0. The lowest BCUT2D eigenvalue weighted by Gasteiger charge is -2.14. The van der Waals surface area contributed by atoms with Gasteiger partial charge in [0.25, 0.3) is 5.91 Å². The smallest absolute Gasteiger partial charge is 0.416 e. The van der Waals surface area contributed by atoms with E-state index in [-0.39, 0.29) is 11.0 Å². The third kappa shape index (κ3) is 4.57. The molecular weight excluding hydrogens is 395 g/mol. The molecule has 154 valence electrons. The number of furan rings is 1. The van der Waals surface area contributed by atoms with Crippen molar-refractivity contribution < 1.29 is 30.8 Å². The zero-order chi connectivity index (χ0) is 21.5. The van der Waals surface area contributed by atoms with Crippen molar-refractivity contribution in [2.45, 2.75) is 51.1 Å². The molecule has 1 amide bonds. The number of anilines is 1. The number of amides is 1. The van der Waals surface area contributed by atoms with E-state index in [1.165, 1.54) is 6.92 Å². The van der Waals surface area contributed by atoms with Crippen molar-refractivity contribution in [2.24, 2.45) is 0 Å². The molecule has 1 N–H and O–H groups in total. The number of rotatable bonds is 4. The quantitative estimate of drug-likeness (QED) is 0.764. The van der Waals surface area contributed by atoms with Gasteiger partial charge in [0.15, 0.2) is 9.84 Å². The normalized spacial score (nSPS) is 12.9. The van der Waals surface area contributed by atoms with E-state index in [2.05, 4.69) is 5.32 Å². The van der Waals surface area contributed by atoms with Crippen molar-refractivity contribution in [1.29, 1.82) is 0 Å². The van der Waals surface area contributed by atoms with Crippen LogP contribution in [0.15, 0.2) is 33.6 Å². The van der Waals surface area contributed by atoms with Gasteiger partial charge in [-0.3, -0.25) is 4.79 Å². The van der Waals surface area contributed by atoms with Gasteiger partial charge in [0.1, 0.15) is 11.5 Å². The Morgan fingerprint density at radius 3 is 2.21 bits per heavy atom. The summed E-state index contributed by atoms with van der Waals surface area (Å²) >= 11 is 0. The Labute approximate surface area is 161 Å². The lowest BCUT2D eigenvalue weighted by molar-refractivity contribution is -0.137. The van der Waals surface area contributed by atoms with Crippen molar-refractivity contribution in [3.8, 4) is 0 Å². The van der Waals surface area contributed by atoms with Crippen LogP contribution in [0.1, 0.15) is 55.1 Å². The van der Waals surface area contributed by atoms with Crippen molar-refractivity contribution in [2.75, 3.05) is 11.1 Å². The second-order valence-electron chi connectivity index (χ2n) is 7.40. The minimum atomic E-state index is -4.73. The Hall–Kier alpha value is -2.29. The van der Waals surface area contributed by atoms with Gasteiger partial charge in [0, 0.05) is 11.5 Å². The fourth-order valence-corrected chi connectivity index (χ4v) is 3.58. The number of alkyl halides is 3. The molecule has 0 saturated carbocycles. The van der Waals surface area contributed by atoms with Crippen LogP contribution >= 0.6 is 0 Å². The van der Waals surface area contributed by atoms with Crippen LogP contribution in [0, 0.1) is 6.92 Å². The number of benzene rings is 1. The topological polar surface area (TPSA) is 76.4 Å². The average Bonchev–Trinajstić information content (AvgIpc) is 2.94. The minimum absolute atomic E-state index is 0.321. The van der Waals surface area contributed by atoms with E-state index in [9.17, 15) is 26.4 Å². The van der Waals surface area contributed by atoms with Crippen molar-refractivity contribution >= 4 is 21.4 Å². The molecule has 0 radical (unpaired) electrons. The van der Waals surface area contributed by atoms with Crippen molar-refractivity contribution in [1.82, 2.24) is 0 Å². The monoisotopic (exact) mass is 417 g/mol. The van der Waals surface area contributed by atoms with Crippen LogP contribution in [0.4, 0.5) is 18.9 Å². The van der Waals surface area contributed by atoms with Gasteiger partial charge < -0.3 is 9.73 Å². The minimum Gasteiger partial charge on any atom is -0.464 e. The molecule has 0 spiro atoms. The predicted octanol–water partition coefficient (Wildman–Crippen LogP) is 4.95. The molecule has 0 saturated heterocycles. The summed E-state index contributed by atoms with van der Waals surface area (Å²) < 4.78 is 69.2. The summed E-state index contributed by atoms with van der Waals surface area (Å²) in [6.45, 7) is 8.67. The van der Waals surface area contributed by atoms with Crippen LogP contribution in [0.3, 0.4) is 0 Å². The number of hydrogen-bond acceptors (Lipinski definition) is 4. The third-order valence-electron chi connectivity index (χ3n) is 4.17. The molecule has 1 heterocycles. The summed E-state index contributed by atoms with van der Waals surface area (Å²) in [6, 6.07) is 3.68. The van der Waals surface area contributed by atoms with Gasteiger partial charge in [-0.2, -0.15) is 13.2 Å². The second-order valence-corrected chi connectivity index (χ2v) is 9.64. The molecule has 1 aromatic carbocycles. The molecule has 0 atom stereocenters. The number of halogens is 3. The van der Waals surface area contributed by atoms with E-state index in [1.807, 2.05) is 20.8 Å².